The molecule has 0 unspecified atom stereocenters. The van der Waals surface area contributed by atoms with Crippen molar-refractivity contribution < 1.29 is 9.90 Å². The Kier molecular flexibility index (Phi) is 4.49. The Morgan fingerprint density at radius 1 is 1.45 bits per heavy atom. The number of piperidine rings is 1. The van der Waals surface area contributed by atoms with Gasteiger partial charge in [0.15, 0.2) is 0 Å². The van der Waals surface area contributed by atoms with Crippen LogP contribution in [0.15, 0.2) is 24.5 Å². The number of carboxylic acid groups (broad SMARTS) is 1. The third-order valence-electron chi connectivity index (χ3n) is 4.04. The van der Waals surface area contributed by atoms with Crippen molar-refractivity contribution in [2.24, 2.45) is 5.92 Å². The van der Waals surface area contributed by atoms with Crippen molar-refractivity contribution in [3.05, 3.63) is 34.4 Å². The molecule has 0 bridgehead atoms. The van der Waals surface area contributed by atoms with Crippen LogP contribution in [0.5, 0.6) is 0 Å². The van der Waals surface area contributed by atoms with Gasteiger partial charge in [-0.3, -0.25) is 9.88 Å². The monoisotopic (exact) mass is 317 g/mol. The summed E-state index contributed by atoms with van der Waals surface area (Å²) in [5.74, 6) is -0.136. The largest absolute Gasteiger partial charge is 0.477 e. The molecule has 0 amide bonds. The summed E-state index contributed by atoms with van der Waals surface area (Å²) in [6, 6.07) is 3.65. The molecule has 5 nitrogen and oxygen atoms in total. The quantitative estimate of drug-likeness (QED) is 0.938. The first kappa shape index (κ1) is 15.1. The summed E-state index contributed by atoms with van der Waals surface area (Å²) in [7, 11) is 0. The number of aromatic carboxylic acids is 1. The smallest absolute Gasteiger partial charge is 0.348 e. The molecule has 0 saturated carbocycles. The number of aromatic nitrogens is 2. The van der Waals surface area contributed by atoms with Gasteiger partial charge < -0.3 is 5.11 Å². The van der Waals surface area contributed by atoms with Crippen LogP contribution in [-0.4, -0.2) is 39.0 Å². The van der Waals surface area contributed by atoms with E-state index in [9.17, 15) is 9.90 Å². The Labute approximate surface area is 133 Å². The van der Waals surface area contributed by atoms with Gasteiger partial charge in [0.05, 0.1) is 12.2 Å². The fourth-order valence-electron chi connectivity index (χ4n) is 2.69. The fraction of sp³-hybridized carbons (Fsp3) is 0.438. The van der Waals surface area contributed by atoms with Gasteiger partial charge in [0.25, 0.3) is 0 Å². The molecule has 0 atom stereocenters. The normalized spacial score (nSPS) is 16.8. The number of hydrogen-bond acceptors (Lipinski definition) is 5. The number of carbonyl (C=O) groups is 1. The van der Waals surface area contributed by atoms with Crippen molar-refractivity contribution in [2.45, 2.75) is 26.3 Å². The van der Waals surface area contributed by atoms with Gasteiger partial charge in [0.2, 0.25) is 0 Å². The highest BCUT2D eigenvalue weighted by molar-refractivity contribution is 7.14. The summed E-state index contributed by atoms with van der Waals surface area (Å²) < 4.78 is 0. The zero-order valence-electron chi connectivity index (χ0n) is 12.5. The lowest BCUT2D eigenvalue weighted by Crippen LogP contribution is -2.32. The van der Waals surface area contributed by atoms with Gasteiger partial charge in [-0.05, 0) is 44.0 Å². The first-order valence-electron chi connectivity index (χ1n) is 7.49. The lowest BCUT2D eigenvalue weighted by atomic mass is 9.99. The third kappa shape index (κ3) is 3.34. The highest BCUT2D eigenvalue weighted by Gasteiger charge is 2.22. The molecule has 1 aliphatic heterocycles. The van der Waals surface area contributed by atoms with E-state index in [0.717, 1.165) is 36.1 Å². The van der Waals surface area contributed by atoms with Gasteiger partial charge >= 0.3 is 5.97 Å². The molecule has 0 aliphatic carbocycles. The molecule has 0 spiro atoms. The Morgan fingerprint density at radius 2 is 2.23 bits per heavy atom. The Hall–Kier alpha value is -1.79. The molecule has 1 fully saturated rings. The molecule has 116 valence electrons. The molecule has 6 heteroatoms. The van der Waals surface area contributed by atoms with Gasteiger partial charge in [-0.1, -0.05) is 6.92 Å². The lowest BCUT2D eigenvalue weighted by Gasteiger charge is -2.29. The summed E-state index contributed by atoms with van der Waals surface area (Å²) >= 11 is 1.28. The first-order valence-corrected chi connectivity index (χ1v) is 8.31. The van der Waals surface area contributed by atoms with Crippen molar-refractivity contribution in [1.29, 1.82) is 0 Å². The summed E-state index contributed by atoms with van der Waals surface area (Å²) in [6.45, 7) is 5.14. The van der Waals surface area contributed by atoms with Crippen LogP contribution in [0.25, 0.3) is 11.3 Å². The molecular weight excluding hydrogens is 298 g/mol. The second-order valence-corrected chi connectivity index (χ2v) is 6.87. The van der Waals surface area contributed by atoms with E-state index < -0.39 is 5.97 Å². The number of likely N-dealkylation sites (tertiary alicyclic amines) is 1. The minimum absolute atomic E-state index is 0.299. The highest BCUT2D eigenvalue weighted by atomic mass is 32.1. The maximum Gasteiger partial charge on any atom is 0.348 e. The van der Waals surface area contributed by atoms with Crippen molar-refractivity contribution >= 4 is 17.3 Å². The summed E-state index contributed by atoms with van der Waals surface area (Å²) in [5, 5.41) is 10.3. The van der Waals surface area contributed by atoms with E-state index in [2.05, 4.69) is 21.8 Å². The summed E-state index contributed by atoms with van der Waals surface area (Å²) in [5.41, 5.74) is 1.29. The summed E-state index contributed by atoms with van der Waals surface area (Å²) in [4.78, 5) is 22.8. The van der Waals surface area contributed by atoms with Crippen LogP contribution in [-0.2, 0) is 6.54 Å². The standard InChI is InChI=1S/C16H19N3O2S/c1-11-4-7-19(8-5-11)10-13-18-14(15(22-13)16(20)21)12-3-2-6-17-9-12/h2-3,6,9,11H,4-5,7-8,10H2,1H3,(H,20,21). The average Bonchev–Trinajstić information content (AvgIpc) is 2.95. The van der Waals surface area contributed by atoms with E-state index in [4.69, 9.17) is 0 Å². The predicted octanol–water partition coefficient (Wildman–Crippen LogP) is 3.14. The molecule has 2 aromatic heterocycles. The van der Waals surface area contributed by atoms with Crippen molar-refractivity contribution in [2.75, 3.05) is 13.1 Å². The number of carboxylic acids is 1. The molecule has 22 heavy (non-hydrogen) atoms. The zero-order valence-corrected chi connectivity index (χ0v) is 13.3. The van der Waals surface area contributed by atoms with E-state index in [1.165, 1.54) is 24.2 Å². The third-order valence-corrected chi connectivity index (χ3v) is 5.06. The zero-order chi connectivity index (χ0) is 15.5. The van der Waals surface area contributed by atoms with Crippen LogP contribution in [0.1, 0.15) is 34.4 Å². The molecule has 2 aromatic rings. The second kappa shape index (κ2) is 6.54. The van der Waals surface area contributed by atoms with Gasteiger partial charge in [-0.2, -0.15) is 0 Å². The van der Waals surface area contributed by atoms with Crippen molar-refractivity contribution in [1.82, 2.24) is 14.9 Å². The highest BCUT2D eigenvalue weighted by Crippen LogP contribution is 2.29. The number of pyridine rings is 1. The van der Waals surface area contributed by atoms with E-state index in [1.807, 2.05) is 6.07 Å². The SMILES string of the molecule is CC1CCN(Cc2nc(-c3cccnc3)c(C(=O)O)s2)CC1. The van der Waals surface area contributed by atoms with E-state index >= 15 is 0 Å². The van der Waals surface area contributed by atoms with Crippen LogP contribution in [0, 0.1) is 5.92 Å². The lowest BCUT2D eigenvalue weighted by molar-refractivity contribution is 0.0702. The fourth-order valence-corrected chi connectivity index (χ4v) is 3.65. The summed E-state index contributed by atoms with van der Waals surface area (Å²) in [6.07, 6.45) is 5.74. The van der Waals surface area contributed by atoms with Crippen LogP contribution >= 0.6 is 11.3 Å². The van der Waals surface area contributed by atoms with Crippen LogP contribution in [0.4, 0.5) is 0 Å². The molecule has 1 N–H and O–H groups in total. The van der Waals surface area contributed by atoms with Crippen LogP contribution in [0.2, 0.25) is 0 Å². The van der Waals surface area contributed by atoms with E-state index in [1.54, 1.807) is 18.5 Å². The average molecular weight is 317 g/mol. The predicted molar refractivity (Wildman–Crippen MR) is 86.0 cm³/mol. The molecule has 0 aromatic carbocycles. The van der Waals surface area contributed by atoms with Gasteiger partial charge in [-0.25, -0.2) is 9.78 Å². The molecular formula is C16H19N3O2S. The van der Waals surface area contributed by atoms with Gasteiger partial charge in [-0.15, -0.1) is 11.3 Å². The number of rotatable bonds is 4. The maximum absolute atomic E-state index is 11.5. The Balaban J connectivity index is 1.83. The van der Waals surface area contributed by atoms with Crippen LogP contribution < -0.4 is 0 Å². The number of thiazole rings is 1. The van der Waals surface area contributed by atoms with Crippen molar-refractivity contribution in [3.8, 4) is 11.3 Å². The molecule has 3 heterocycles. The topological polar surface area (TPSA) is 66.3 Å². The van der Waals surface area contributed by atoms with E-state index in [-0.39, 0.29) is 0 Å². The maximum atomic E-state index is 11.5. The minimum atomic E-state index is -0.921. The van der Waals surface area contributed by atoms with Crippen molar-refractivity contribution in [3.63, 3.8) is 0 Å². The first-order chi connectivity index (χ1) is 10.6. The Morgan fingerprint density at radius 3 is 2.86 bits per heavy atom. The van der Waals surface area contributed by atoms with Crippen LogP contribution in [0.3, 0.4) is 0 Å². The molecule has 3 rings (SSSR count). The van der Waals surface area contributed by atoms with Gasteiger partial charge in [0.1, 0.15) is 9.88 Å². The Bertz CT molecular complexity index is 649. The number of nitrogens with zero attached hydrogens (tertiary/aromatic N) is 3. The number of hydrogen-bond donors (Lipinski definition) is 1. The van der Waals surface area contributed by atoms with E-state index in [0.29, 0.717) is 10.6 Å². The minimum Gasteiger partial charge on any atom is -0.477 e. The second-order valence-electron chi connectivity index (χ2n) is 5.79. The van der Waals surface area contributed by atoms with Gasteiger partial charge in [0, 0.05) is 18.0 Å². The molecule has 0 radical (unpaired) electrons. The molecule has 1 aliphatic rings. The molecule has 1 saturated heterocycles.